The van der Waals surface area contributed by atoms with E-state index in [4.69, 9.17) is 0 Å². The molecule has 2 aromatic rings. The Morgan fingerprint density at radius 2 is 2.50 bits per heavy atom. The normalized spacial score (nSPS) is 18.8. The predicted octanol–water partition coefficient (Wildman–Crippen LogP) is 2.71. The molecule has 0 radical (unpaired) electrons. The molecule has 2 heterocycles. The van der Waals surface area contributed by atoms with E-state index in [0.29, 0.717) is 6.04 Å². The van der Waals surface area contributed by atoms with E-state index in [-0.39, 0.29) is 0 Å². The molecule has 1 N–H and O–H groups in total. The van der Waals surface area contributed by atoms with Gasteiger partial charge in [-0.25, -0.2) is 9.67 Å². The summed E-state index contributed by atoms with van der Waals surface area (Å²) in [6.07, 6.45) is 8.58. The molecule has 0 saturated heterocycles. The topological polar surface area (TPSA) is 42.7 Å². The molecule has 18 heavy (non-hydrogen) atoms. The van der Waals surface area contributed by atoms with E-state index in [9.17, 15) is 0 Å². The minimum atomic E-state index is 0.474. The molecule has 1 aliphatic rings. The fourth-order valence-corrected chi connectivity index (χ4v) is 3.20. The van der Waals surface area contributed by atoms with Crippen LogP contribution >= 0.6 is 11.3 Å². The Balaban J connectivity index is 1.91. The van der Waals surface area contributed by atoms with Crippen LogP contribution in [0, 0.1) is 0 Å². The maximum Gasteiger partial charge on any atom is 0.210 e. The van der Waals surface area contributed by atoms with E-state index >= 15 is 0 Å². The number of nitrogens with one attached hydrogen (secondary N) is 1. The van der Waals surface area contributed by atoms with E-state index in [0.717, 1.165) is 18.1 Å². The lowest BCUT2D eigenvalue weighted by atomic mass is 9.93. The SMILES string of the molecule is CCCNC1CCCc2c1cnn2-c1nccs1. The van der Waals surface area contributed by atoms with Crippen molar-refractivity contribution in [2.45, 2.75) is 38.6 Å². The zero-order valence-electron chi connectivity index (χ0n) is 10.6. The van der Waals surface area contributed by atoms with Crippen LogP contribution in [0.3, 0.4) is 0 Å². The Kier molecular flexibility index (Phi) is 3.43. The zero-order chi connectivity index (χ0) is 12.4. The molecule has 0 saturated carbocycles. The van der Waals surface area contributed by atoms with Crippen LogP contribution in [0.2, 0.25) is 0 Å². The van der Waals surface area contributed by atoms with Gasteiger partial charge < -0.3 is 5.32 Å². The molecule has 4 nitrogen and oxygen atoms in total. The standard InChI is InChI=1S/C13H18N4S/c1-2-6-14-11-4-3-5-12-10(11)9-16-17(12)13-15-7-8-18-13/h7-9,11,14H,2-6H2,1H3. The van der Waals surface area contributed by atoms with Crippen molar-refractivity contribution >= 4 is 11.3 Å². The molecule has 1 atom stereocenters. The van der Waals surface area contributed by atoms with Crippen LogP contribution in [0.5, 0.6) is 0 Å². The second-order valence-corrected chi connectivity index (χ2v) is 5.55. The lowest BCUT2D eigenvalue weighted by Gasteiger charge is -2.23. The molecule has 1 aliphatic carbocycles. The number of thiazole rings is 1. The number of hydrogen-bond acceptors (Lipinski definition) is 4. The van der Waals surface area contributed by atoms with Crippen molar-refractivity contribution in [1.29, 1.82) is 0 Å². The van der Waals surface area contributed by atoms with Gasteiger partial charge in [0.1, 0.15) is 0 Å². The molecule has 0 amide bonds. The first kappa shape index (κ1) is 11.9. The second-order valence-electron chi connectivity index (χ2n) is 4.67. The average Bonchev–Trinajstić information content (AvgIpc) is 3.04. The summed E-state index contributed by atoms with van der Waals surface area (Å²) >= 11 is 1.64. The maximum atomic E-state index is 4.52. The third kappa shape index (κ3) is 2.08. The first-order valence-corrected chi connectivity index (χ1v) is 7.48. The molecule has 0 fully saturated rings. The Morgan fingerprint density at radius 3 is 3.28 bits per heavy atom. The van der Waals surface area contributed by atoms with Crippen LogP contribution in [-0.2, 0) is 6.42 Å². The number of aromatic nitrogens is 3. The van der Waals surface area contributed by atoms with Gasteiger partial charge in [-0.3, -0.25) is 0 Å². The van der Waals surface area contributed by atoms with Crippen LogP contribution in [0.1, 0.15) is 43.5 Å². The Bertz CT molecular complexity index is 503. The van der Waals surface area contributed by atoms with Gasteiger partial charge in [0, 0.05) is 23.2 Å². The van der Waals surface area contributed by atoms with Crippen LogP contribution in [-0.4, -0.2) is 21.3 Å². The predicted molar refractivity (Wildman–Crippen MR) is 73.2 cm³/mol. The fourth-order valence-electron chi connectivity index (χ4n) is 2.57. The van der Waals surface area contributed by atoms with Gasteiger partial charge in [-0.15, -0.1) is 11.3 Å². The molecular formula is C13H18N4S. The number of hydrogen-bond donors (Lipinski definition) is 1. The van der Waals surface area contributed by atoms with Crippen LogP contribution < -0.4 is 5.32 Å². The minimum Gasteiger partial charge on any atom is -0.310 e. The summed E-state index contributed by atoms with van der Waals surface area (Å²) in [5.74, 6) is 0. The molecule has 5 heteroatoms. The van der Waals surface area contributed by atoms with Crippen molar-refractivity contribution in [2.75, 3.05) is 6.54 Å². The molecule has 96 valence electrons. The van der Waals surface area contributed by atoms with Crippen molar-refractivity contribution in [3.8, 4) is 5.13 Å². The highest BCUT2D eigenvalue weighted by Crippen LogP contribution is 2.31. The monoisotopic (exact) mass is 262 g/mol. The Hall–Kier alpha value is -1.20. The van der Waals surface area contributed by atoms with Gasteiger partial charge in [-0.2, -0.15) is 5.10 Å². The second kappa shape index (κ2) is 5.20. The fraction of sp³-hybridized carbons (Fsp3) is 0.538. The van der Waals surface area contributed by atoms with Gasteiger partial charge in [-0.05, 0) is 32.2 Å². The van der Waals surface area contributed by atoms with Gasteiger partial charge in [-0.1, -0.05) is 6.92 Å². The van der Waals surface area contributed by atoms with Gasteiger partial charge in [0.2, 0.25) is 5.13 Å². The number of rotatable bonds is 4. The first-order chi connectivity index (χ1) is 8.90. The summed E-state index contributed by atoms with van der Waals surface area (Å²) in [6, 6.07) is 0.474. The third-order valence-electron chi connectivity index (χ3n) is 3.42. The summed E-state index contributed by atoms with van der Waals surface area (Å²) < 4.78 is 2.01. The molecule has 0 aliphatic heterocycles. The quantitative estimate of drug-likeness (QED) is 0.921. The largest absolute Gasteiger partial charge is 0.310 e. The molecular weight excluding hydrogens is 244 g/mol. The molecule has 0 bridgehead atoms. The molecule has 0 aromatic carbocycles. The highest BCUT2D eigenvalue weighted by molar-refractivity contribution is 7.12. The van der Waals surface area contributed by atoms with Crippen molar-refractivity contribution in [2.24, 2.45) is 0 Å². The summed E-state index contributed by atoms with van der Waals surface area (Å²) in [5.41, 5.74) is 2.70. The number of fused-ring (bicyclic) bond motifs is 1. The van der Waals surface area contributed by atoms with Crippen molar-refractivity contribution in [3.63, 3.8) is 0 Å². The summed E-state index contributed by atoms with van der Waals surface area (Å²) in [6.45, 7) is 3.28. The van der Waals surface area contributed by atoms with Crippen molar-refractivity contribution in [3.05, 3.63) is 29.0 Å². The summed E-state index contributed by atoms with van der Waals surface area (Å²) in [5, 5.41) is 11.1. The smallest absolute Gasteiger partial charge is 0.210 e. The van der Waals surface area contributed by atoms with Crippen molar-refractivity contribution < 1.29 is 0 Å². The molecule has 0 spiro atoms. The van der Waals surface area contributed by atoms with Gasteiger partial charge in [0.05, 0.1) is 11.9 Å². The van der Waals surface area contributed by atoms with Gasteiger partial charge in [0.25, 0.3) is 0 Å². The average molecular weight is 262 g/mol. The lowest BCUT2D eigenvalue weighted by Crippen LogP contribution is -2.25. The van der Waals surface area contributed by atoms with E-state index in [1.54, 1.807) is 11.3 Å². The Labute approximate surface area is 111 Å². The molecule has 2 aromatic heterocycles. The third-order valence-corrected chi connectivity index (χ3v) is 4.17. The minimum absolute atomic E-state index is 0.474. The van der Waals surface area contributed by atoms with Crippen LogP contribution in [0.4, 0.5) is 0 Å². The molecule has 1 unspecified atom stereocenters. The van der Waals surface area contributed by atoms with E-state index in [1.165, 1.54) is 30.5 Å². The van der Waals surface area contributed by atoms with E-state index < -0.39 is 0 Å². The lowest BCUT2D eigenvalue weighted by molar-refractivity contribution is 0.456. The van der Waals surface area contributed by atoms with E-state index in [1.807, 2.05) is 22.5 Å². The highest BCUT2D eigenvalue weighted by Gasteiger charge is 2.24. The highest BCUT2D eigenvalue weighted by atomic mass is 32.1. The Morgan fingerprint density at radius 1 is 1.56 bits per heavy atom. The number of nitrogens with zero attached hydrogens (tertiary/aromatic N) is 3. The summed E-state index contributed by atoms with van der Waals surface area (Å²) in [4.78, 5) is 4.35. The first-order valence-electron chi connectivity index (χ1n) is 6.60. The van der Waals surface area contributed by atoms with Crippen LogP contribution in [0.25, 0.3) is 5.13 Å². The van der Waals surface area contributed by atoms with Gasteiger partial charge >= 0.3 is 0 Å². The maximum absolute atomic E-state index is 4.52. The summed E-state index contributed by atoms with van der Waals surface area (Å²) in [7, 11) is 0. The van der Waals surface area contributed by atoms with Gasteiger partial charge in [0.15, 0.2) is 0 Å². The molecule has 3 rings (SSSR count). The van der Waals surface area contributed by atoms with E-state index in [2.05, 4.69) is 22.3 Å². The van der Waals surface area contributed by atoms with Crippen LogP contribution in [0.15, 0.2) is 17.8 Å². The van der Waals surface area contributed by atoms with Crippen molar-refractivity contribution in [1.82, 2.24) is 20.1 Å². The zero-order valence-corrected chi connectivity index (χ0v) is 11.4.